The predicted molar refractivity (Wildman–Crippen MR) is 208 cm³/mol. The summed E-state index contributed by atoms with van der Waals surface area (Å²) in [5.74, 6) is 0. The molecule has 228 valence electrons. The Labute approximate surface area is 308 Å². The molecule has 0 unspecified atom stereocenters. The summed E-state index contributed by atoms with van der Waals surface area (Å²) in [6.07, 6.45) is 0. The average molecular weight is 640 g/mol. The smallest absolute Gasteiger partial charge is 0.143 e. The van der Waals surface area contributed by atoms with Crippen molar-refractivity contribution in [2.45, 2.75) is 0 Å². The lowest BCUT2D eigenvalue weighted by atomic mass is 9.84. The molecule has 0 atom stereocenters. The van der Waals surface area contributed by atoms with Crippen LogP contribution in [0.5, 0.6) is 0 Å². The van der Waals surface area contributed by atoms with Crippen LogP contribution in [0.25, 0.3) is 98.8 Å². The second-order valence-electron chi connectivity index (χ2n) is 11.5. The molecule has 0 aliphatic heterocycles. The second-order valence-corrected chi connectivity index (χ2v) is 11.5. The topological polar surface area (TPSA) is 13.1 Å². The van der Waals surface area contributed by atoms with Gasteiger partial charge in [0.05, 0.1) is 23.3 Å². The third kappa shape index (κ3) is 4.40. The Morgan fingerprint density at radius 2 is 0.959 bits per heavy atom. The summed E-state index contributed by atoms with van der Waals surface area (Å²) < 4.78 is 159. The molecular weight excluding hydrogens is 593 g/mol. The molecule has 1 heterocycles. The van der Waals surface area contributed by atoms with Gasteiger partial charge in [0, 0.05) is 16.2 Å². The van der Waals surface area contributed by atoms with Gasteiger partial charge in [0.15, 0.2) is 0 Å². The third-order valence-corrected chi connectivity index (χ3v) is 8.74. The zero-order chi connectivity index (χ0) is 47.1. The van der Waals surface area contributed by atoms with Gasteiger partial charge in [-0.3, -0.25) is 0 Å². The van der Waals surface area contributed by atoms with Crippen molar-refractivity contribution in [3.05, 3.63) is 182 Å². The maximum Gasteiger partial charge on any atom is 0.143 e. The first-order chi connectivity index (χ1) is 31.4. The van der Waals surface area contributed by atoms with E-state index in [1.165, 1.54) is 0 Å². The molecule has 0 aliphatic rings. The molecule has 0 fully saturated rings. The fraction of sp³-hybridized carbons (Fsp3) is 0. The predicted octanol–water partition coefficient (Wildman–Crippen LogP) is 13.7. The van der Waals surface area contributed by atoms with Gasteiger partial charge in [-0.2, -0.15) is 0 Å². The first-order valence-corrected chi connectivity index (χ1v) is 15.5. The number of furan rings is 1. The van der Waals surface area contributed by atoms with Gasteiger partial charge >= 0.3 is 0 Å². The van der Waals surface area contributed by atoms with E-state index in [2.05, 4.69) is 0 Å². The highest BCUT2D eigenvalue weighted by molar-refractivity contribution is 6.22. The van der Waals surface area contributed by atoms with Crippen molar-refractivity contribution in [2.75, 3.05) is 0 Å². The summed E-state index contributed by atoms with van der Waals surface area (Å²) in [6, 6.07) is 13.3. The minimum atomic E-state index is -0.638. The van der Waals surface area contributed by atoms with Gasteiger partial charge < -0.3 is 4.42 Å². The molecule has 0 aliphatic carbocycles. The minimum absolute atomic E-state index is 0.00866. The highest BCUT2D eigenvalue weighted by Crippen LogP contribution is 2.46. The van der Waals surface area contributed by atoms with Crippen molar-refractivity contribution < 1.29 is 27.7 Å². The van der Waals surface area contributed by atoms with E-state index in [1.54, 1.807) is 78.9 Å². The lowest BCUT2D eigenvalue weighted by Gasteiger charge is -2.19. The minimum Gasteiger partial charge on any atom is -0.455 e. The Morgan fingerprint density at radius 1 is 0.367 bits per heavy atom. The number of rotatable bonds is 4. The van der Waals surface area contributed by atoms with Crippen molar-refractivity contribution in [3.63, 3.8) is 0 Å². The van der Waals surface area contributed by atoms with E-state index < -0.39 is 90.6 Å². The van der Waals surface area contributed by atoms with Gasteiger partial charge in [-0.05, 0) is 95.6 Å². The van der Waals surface area contributed by atoms with Gasteiger partial charge in [-0.1, -0.05) is 157 Å². The zero-order valence-electron chi connectivity index (χ0n) is 42.4. The highest BCUT2D eigenvalue weighted by atomic mass is 16.3. The van der Waals surface area contributed by atoms with Crippen LogP contribution in [-0.4, -0.2) is 0 Å². The highest BCUT2D eigenvalue weighted by Gasteiger charge is 2.19. The Bertz CT molecular complexity index is 3760. The Morgan fingerprint density at radius 3 is 1.67 bits per heavy atom. The van der Waals surface area contributed by atoms with Crippen LogP contribution >= 0.6 is 0 Å². The Hall–Kier alpha value is -6.44. The summed E-state index contributed by atoms with van der Waals surface area (Å²) in [4.78, 5) is 0. The van der Waals surface area contributed by atoms with Crippen molar-refractivity contribution in [2.24, 2.45) is 0 Å². The summed E-state index contributed by atoms with van der Waals surface area (Å²) in [5.41, 5.74) is 0.0246. The van der Waals surface area contributed by atoms with E-state index in [0.717, 1.165) is 0 Å². The van der Waals surface area contributed by atoms with Gasteiger partial charge in [0.2, 0.25) is 0 Å². The number of hydrogen-bond acceptors (Lipinski definition) is 1. The normalized spacial score (nSPS) is 16.5. The molecule has 0 N–H and O–H groups in total. The van der Waals surface area contributed by atoms with Gasteiger partial charge in [0.1, 0.15) is 11.2 Å². The quantitative estimate of drug-likeness (QED) is 0.175. The van der Waals surface area contributed by atoms with Crippen LogP contribution in [0.4, 0.5) is 0 Å². The van der Waals surface area contributed by atoms with E-state index in [0.29, 0.717) is 38.2 Å². The summed E-state index contributed by atoms with van der Waals surface area (Å²) >= 11 is 0. The molecule has 0 bridgehead atoms. The molecule has 0 spiro atoms. The van der Waals surface area contributed by atoms with Crippen LogP contribution in [0.15, 0.2) is 186 Å². The average Bonchev–Trinajstić information content (AvgIpc) is 3.73. The number of fused-ring (bicyclic) bond motifs is 7. The summed E-state index contributed by atoms with van der Waals surface area (Å²) in [5, 5.41) is 0.934. The van der Waals surface area contributed by atoms with E-state index in [-0.39, 0.29) is 72.6 Å². The monoisotopic (exact) mass is 639 g/mol. The molecule has 49 heavy (non-hydrogen) atoms. The first kappa shape index (κ1) is 15.6. The van der Waals surface area contributed by atoms with Crippen LogP contribution in [0, 0.1) is 0 Å². The van der Waals surface area contributed by atoms with E-state index in [4.69, 9.17) is 19.5 Å². The number of hydrogen-bond donors (Lipinski definition) is 0. The van der Waals surface area contributed by atoms with Gasteiger partial charge in [-0.15, -0.1) is 0 Å². The Balaban J connectivity index is 1.34. The molecule has 10 rings (SSSR count). The van der Waals surface area contributed by atoms with E-state index >= 15 is 0 Å². The van der Waals surface area contributed by atoms with Gasteiger partial charge in [-0.25, -0.2) is 0 Å². The number of benzene rings is 9. The summed E-state index contributed by atoms with van der Waals surface area (Å²) in [7, 11) is 0. The Kier molecular flexibility index (Phi) is 3.54. The maximum absolute atomic E-state index is 9.96. The SMILES string of the molecule is [2H]c1c([2H])c([2H])c(-c2c([2H])c([2H])c(-c3c4ccccc4c(-c4c([2H])c([2H])c5c(oc6c7c([2H])c([2H])c([2H])c([2H])c7c([2H])c([2H])c65)c4[2H])c4ccccc34)c([2H])c2-c2ccccc2)c([2H])c1[2H]. The molecule has 1 aromatic heterocycles. The van der Waals surface area contributed by atoms with E-state index in [1.807, 2.05) is 0 Å². The third-order valence-electron chi connectivity index (χ3n) is 8.74. The fourth-order valence-electron chi connectivity index (χ4n) is 6.61. The molecule has 9 aromatic carbocycles. The largest absolute Gasteiger partial charge is 0.455 e. The van der Waals surface area contributed by atoms with Gasteiger partial charge in [0.25, 0.3) is 0 Å². The standard InChI is InChI=1S/C48H30O/c1-3-13-31(14-4-1)36-26-24-34(29-44(36)32-15-5-2-6-16-32)46-39-19-9-11-21-41(39)47(42-22-12-10-20-40(42)46)35-25-27-38-43-28-23-33-17-7-8-18-37(33)48(43)49-45(38)30-35/h1-30H/i1D,3D,4D,7D,8D,13D,14D,17D,18D,23D,24D,25D,26D,27D,28D,29D,30D. The van der Waals surface area contributed by atoms with Crippen molar-refractivity contribution in [1.29, 1.82) is 0 Å². The lowest BCUT2D eigenvalue weighted by molar-refractivity contribution is 0.673. The van der Waals surface area contributed by atoms with Crippen molar-refractivity contribution in [3.8, 4) is 44.5 Å². The van der Waals surface area contributed by atoms with Crippen LogP contribution in [0.3, 0.4) is 0 Å². The van der Waals surface area contributed by atoms with Crippen molar-refractivity contribution >= 4 is 54.3 Å². The molecule has 0 saturated carbocycles. The van der Waals surface area contributed by atoms with Crippen LogP contribution in [0.2, 0.25) is 0 Å². The molecule has 0 amide bonds. The van der Waals surface area contributed by atoms with Crippen LogP contribution < -0.4 is 0 Å². The molecule has 10 aromatic rings. The summed E-state index contributed by atoms with van der Waals surface area (Å²) in [6.45, 7) is 0. The lowest BCUT2D eigenvalue weighted by Crippen LogP contribution is -1.92. The molecular formula is C48H30O. The van der Waals surface area contributed by atoms with Crippen molar-refractivity contribution in [1.82, 2.24) is 0 Å². The second kappa shape index (κ2) is 11.1. The fourth-order valence-corrected chi connectivity index (χ4v) is 6.61. The molecule has 1 nitrogen and oxygen atoms in total. The molecule has 1 heteroatoms. The van der Waals surface area contributed by atoms with E-state index in [9.17, 15) is 8.22 Å². The molecule has 0 radical (unpaired) electrons. The van der Waals surface area contributed by atoms with Crippen LogP contribution in [0.1, 0.15) is 23.3 Å². The zero-order valence-corrected chi connectivity index (χ0v) is 25.4. The van der Waals surface area contributed by atoms with Crippen LogP contribution in [-0.2, 0) is 0 Å². The molecule has 0 saturated heterocycles. The maximum atomic E-state index is 9.96. The first-order valence-electron chi connectivity index (χ1n) is 24.0.